The highest BCUT2D eigenvalue weighted by molar-refractivity contribution is 5.12. The summed E-state index contributed by atoms with van der Waals surface area (Å²) in [5.74, 6) is 0. The molecule has 0 aromatic rings. The van der Waals surface area contributed by atoms with Gasteiger partial charge in [0.1, 0.15) is 0 Å². The van der Waals surface area contributed by atoms with Crippen molar-refractivity contribution in [2.45, 2.75) is 19.9 Å². The molecule has 0 aromatic carbocycles. The van der Waals surface area contributed by atoms with E-state index >= 15 is 0 Å². The smallest absolute Gasteiger partial charge is 0.0666 e. The fraction of sp³-hybridized carbons (Fsp3) is 0.667. The Morgan fingerprint density at radius 1 is 1.75 bits per heavy atom. The Hall–Kier alpha value is -0.500. The zero-order chi connectivity index (χ0) is 6.15. The highest BCUT2D eigenvalue weighted by Crippen LogP contribution is 2.13. The van der Waals surface area contributed by atoms with E-state index in [4.69, 9.17) is 0 Å². The van der Waals surface area contributed by atoms with Crippen molar-refractivity contribution in [3.63, 3.8) is 0 Å². The van der Waals surface area contributed by atoms with E-state index in [9.17, 15) is 0 Å². The molecule has 0 amide bonds. The normalized spacial score (nSPS) is 34.4. The maximum atomic E-state index is 3.14. The molecule has 1 heterocycles. The summed E-state index contributed by atoms with van der Waals surface area (Å²) in [7, 11) is 2.04. The molecule has 1 aliphatic heterocycles. The van der Waals surface area contributed by atoms with E-state index in [1.807, 2.05) is 14.0 Å². The Balaban J connectivity index is 2.48. The molecule has 0 spiro atoms. The topological polar surface area (TPSA) is 15.3 Å². The summed E-state index contributed by atoms with van der Waals surface area (Å²) in [5, 5.41) is 2.08. The van der Waals surface area contributed by atoms with Crippen LogP contribution in [0.3, 0.4) is 0 Å². The summed E-state index contributed by atoms with van der Waals surface area (Å²) in [6, 6.07) is 0.597. The second-order valence-electron chi connectivity index (χ2n) is 2.14. The number of rotatable bonds is 0. The summed E-state index contributed by atoms with van der Waals surface area (Å²) >= 11 is 0. The van der Waals surface area contributed by atoms with Gasteiger partial charge in [-0.3, -0.25) is 0 Å². The van der Waals surface area contributed by atoms with Crippen molar-refractivity contribution in [1.29, 1.82) is 0 Å². The molecule has 8 heavy (non-hydrogen) atoms. The molecule has 0 aliphatic carbocycles. The molecule has 46 valence electrons. The van der Waals surface area contributed by atoms with Gasteiger partial charge in [-0.1, -0.05) is 6.08 Å². The first kappa shape index (κ1) is 5.63. The van der Waals surface area contributed by atoms with Crippen molar-refractivity contribution in [2.24, 2.45) is 0 Å². The molecule has 1 saturated heterocycles. The third-order valence-corrected chi connectivity index (χ3v) is 1.65. The SMILES string of the molecule is C/C=C1/NN(C)C1C. The van der Waals surface area contributed by atoms with Crippen LogP contribution < -0.4 is 5.43 Å². The summed E-state index contributed by atoms with van der Waals surface area (Å²) < 4.78 is 0. The Morgan fingerprint density at radius 2 is 2.38 bits per heavy atom. The quantitative estimate of drug-likeness (QED) is 0.497. The lowest BCUT2D eigenvalue weighted by Gasteiger charge is -2.39. The van der Waals surface area contributed by atoms with Gasteiger partial charge in [0.2, 0.25) is 0 Å². The monoisotopic (exact) mass is 112 g/mol. The lowest BCUT2D eigenvalue weighted by Crippen LogP contribution is -2.55. The van der Waals surface area contributed by atoms with Gasteiger partial charge in [0, 0.05) is 12.7 Å². The van der Waals surface area contributed by atoms with Gasteiger partial charge in [-0.2, -0.15) is 0 Å². The highest BCUT2D eigenvalue weighted by atomic mass is 15.6. The van der Waals surface area contributed by atoms with Crippen molar-refractivity contribution in [3.05, 3.63) is 11.8 Å². The summed E-state index contributed by atoms with van der Waals surface area (Å²) in [6.07, 6.45) is 2.10. The van der Waals surface area contributed by atoms with E-state index in [1.54, 1.807) is 0 Å². The average molecular weight is 112 g/mol. The summed E-state index contributed by atoms with van der Waals surface area (Å²) in [6.45, 7) is 4.22. The lowest BCUT2D eigenvalue weighted by molar-refractivity contribution is 0.124. The first-order chi connectivity index (χ1) is 3.75. The fourth-order valence-electron chi connectivity index (χ4n) is 0.842. The molecule has 0 aromatic heterocycles. The predicted octanol–water partition coefficient (Wildman–Crippen LogP) is 0.729. The van der Waals surface area contributed by atoms with Crippen LogP contribution in [0.1, 0.15) is 13.8 Å². The van der Waals surface area contributed by atoms with Gasteiger partial charge in [-0.25, -0.2) is 5.01 Å². The number of hydrogen-bond acceptors (Lipinski definition) is 2. The van der Waals surface area contributed by atoms with Crippen LogP contribution in [0.2, 0.25) is 0 Å². The van der Waals surface area contributed by atoms with Crippen LogP contribution in [0.5, 0.6) is 0 Å². The van der Waals surface area contributed by atoms with E-state index in [0.717, 1.165) is 0 Å². The van der Waals surface area contributed by atoms with Crippen molar-refractivity contribution in [3.8, 4) is 0 Å². The first-order valence-corrected chi connectivity index (χ1v) is 2.91. The van der Waals surface area contributed by atoms with Crippen molar-refractivity contribution >= 4 is 0 Å². The van der Waals surface area contributed by atoms with Crippen molar-refractivity contribution < 1.29 is 0 Å². The van der Waals surface area contributed by atoms with Crippen LogP contribution in [0.25, 0.3) is 0 Å². The number of hydrogen-bond donors (Lipinski definition) is 1. The second kappa shape index (κ2) is 1.78. The van der Waals surface area contributed by atoms with Crippen LogP contribution in [0.4, 0.5) is 0 Å². The fourth-order valence-corrected chi connectivity index (χ4v) is 0.842. The van der Waals surface area contributed by atoms with Crippen LogP contribution in [-0.4, -0.2) is 18.1 Å². The van der Waals surface area contributed by atoms with Gasteiger partial charge in [0.25, 0.3) is 0 Å². The van der Waals surface area contributed by atoms with E-state index in [2.05, 4.69) is 23.4 Å². The summed E-state index contributed by atoms with van der Waals surface area (Å²) in [4.78, 5) is 0. The number of nitrogens with zero attached hydrogens (tertiary/aromatic N) is 1. The van der Waals surface area contributed by atoms with Crippen LogP contribution in [-0.2, 0) is 0 Å². The number of allylic oxidation sites excluding steroid dienone is 1. The molecular formula is C6H12N2. The number of hydrazine groups is 1. The minimum atomic E-state index is 0.597. The molecule has 1 N–H and O–H groups in total. The third kappa shape index (κ3) is 0.611. The molecule has 0 radical (unpaired) electrons. The molecule has 2 heteroatoms. The molecule has 1 unspecified atom stereocenters. The van der Waals surface area contributed by atoms with E-state index in [1.165, 1.54) is 5.70 Å². The molecular weight excluding hydrogens is 100 g/mol. The minimum Gasteiger partial charge on any atom is -0.321 e. The zero-order valence-corrected chi connectivity index (χ0v) is 5.60. The molecule has 1 fully saturated rings. The van der Waals surface area contributed by atoms with Gasteiger partial charge in [-0.15, -0.1) is 0 Å². The maximum Gasteiger partial charge on any atom is 0.0666 e. The minimum absolute atomic E-state index is 0.597. The average Bonchev–Trinajstić information content (AvgIpc) is 1.81. The van der Waals surface area contributed by atoms with Gasteiger partial charge in [0.15, 0.2) is 0 Å². The number of nitrogens with one attached hydrogen (secondary N) is 1. The Bertz CT molecular complexity index is 118. The Kier molecular flexibility index (Phi) is 1.26. The Labute approximate surface area is 50.1 Å². The zero-order valence-electron chi connectivity index (χ0n) is 5.60. The number of likely N-dealkylation sites (N-methyl/N-ethyl adjacent to an activating group) is 1. The molecule has 1 rings (SSSR count). The van der Waals surface area contributed by atoms with Crippen molar-refractivity contribution in [1.82, 2.24) is 10.4 Å². The third-order valence-electron chi connectivity index (χ3n) is 1.65. The van der Waals surface area contributed by atoms with Crippen molar-refractivity contribution in [2.75, 3.05) is 7.05 Å². The lowest BCUT2D eigenvalue weighted by atomic mass is 10.2. The maximum absolute atomic E-state index is 3.14. The van der Waals surface area contributed by atoms with Crippen LogP contribution in [0, 0.1) is 0 Å². The summed E-state index contributed by atoms with van der Waals surface area (Å²) in [5.41, 5.74) is 4.46. The first-order valence-electron chi connectivity index (χ1n) is 2.91. The predicted molar refractivity (Wildman–Crippen MR) is 34.1 cm³/mol. The van der Waals surface area contributed by atoms with Gasteiger partial charge in [-0.05, 0) is 13.8 Å². The molecule has 1 aliphatic rings. The van der Waals surface area contributed by atoms with E-state index < -0.39 is 0 Å². The Morgan fingerprint density at radius 3 is 2.50 bits per heavy atom. The van der Waals surface area contributed by atoms with Gasteiger partial charge < -0.3 is 5.43 Å². The van der Waals surface area contributed by atoms with E-state index in [-0.39, 0.29) is 0 Å². The molecule has 2 nitrogen and oxygen atoms in total. The molecule has 0 saturated carbocycles. The van der Waals surface area contributed by atoms with Gasteiger partial charge >= 0.3 is 0 Å². The highest BCUT2D eigenvalue weighted by Gasteiger charge is 2.23. The second-order valence-corrected chi connectivity index (χ2v) is 2.14. The molecule has 1 atom stereocenters. The molecule has 0 bridgehead atoms. The van der Waals surface area contributed by atoms with Crippen LogP contribution >= 0.6 is 0 Å². The van der Waals surface area contributed by atoms with Gasteiger partial charge in [0.05, 0.1) is 6.04 Å². The van der Waals surface area contributed by atoms with E-state index in [0.29, 0.717) is 6.04 Å². The standard InChI is InChI=1S/C6H12N2/c1-4-6-5(2)8(3)7-6/h4-5,7H,1-3H3/b6-4+. The largest absolute Gasteiger partial charge is 0.321 e. The van der Waals surface area contributed by atoms with Crippen LogP contribution in [0.15, 0.2) is 11.8 Å².